The highest BCUT2D eigenvalue weighted by Gasteiger charge is 2.26. The monoisotopic (exact) mass is 368 g/mol. The van der Waals surface area contributed by atoms with E-state index in [1.54, 1.807) is 0 Å². The van der Waals surface area contributed by atoms with Gasteiger partial charge in [-0.3, -0.25) is 9.67 Å². The van der Waals surface area contributed by atoms with Crippen LogP contribution in [-0.2, 0) is 13.6 Å². The number of nitrogens with one attached hydrogen (secondary N) is 1. The Morgan fingerprint density at radius 1 is 1.33 bits per heavy atom. The molecule has 0 saturated carbocycles. The molecule has 1 fully saturated rings. The van der Waals surface area contributed by atoms with E-state index in [-0.39, 0.29) is 0 Å². The number of aryl methyl sites for hydroxylation is 1. The zero-order valence-corrected chi connectivity index (χ0v) is 16.8. The Hall–Kier alpha value is -2.34. The fourth-order valence-electron chi connectivity index (χ4n) is 3.73. The van der Waals surface area contributed by atoms with Gasteiger partial charge < -0.3 is 15.1 Å². The van der Waals surface area contributed by atoms with E-state index >= 15 is 0 Å². The predicted molar refractivity (Wildman–Crippen MR) is 111 cm³/mol. The van der Waals surface area contributed by atoms with Crippen LogP contribution in [0.1, 0.15) is 29.9 Å². The van der Waals surface area contributed by atoms with Crippen LogP contribution in [0.25, 0.3) is 0 Å². The molecule has 0 amide bonds. The number of rotatable bonds is 7. The SMILES string of the molecule is CN=C(NCCCN(C)Cc1ccccc1)N1CCC(c2cnn(C)c2)C1. The molecule has 1 aliphatic heterocycles. The Kier molecular flexibility index (Phi) is 6.87. The fraction of sp³-hybridized carbons (Fsp3) is 0.524. The van der Waals surface area contributed by atoms with E-state index in [4.69, 9.17) is 0 Å². The highest BCUT2D eigenvalue weighted by molar-refractivity contribution is 5.80. The molecule has 1 N–H and O–H groups in total. The molecule has 1 aromatic heterocycles. The molecule has 6 heteroatoms. The van der Waals surface area contributed by atoms with Crippen molar-refractivity contribution in [3.8, 4) is 0 Å². The van der Waals surface area contributed by atoms with Crippen LogP contribution < -0.4 is 5.32 Å². The van der Waals surface area contributed by atoms with Crippen molar-refractivity contribution in [2.24, 2.45) is 12.0 Å². The Labute approximate surface area is 162 Å². The first-order valence-corrected chi connectivity index (χ1v) is 9.82. The van der Waals surface area contributed by atoms with E-state index in [0.29, 0.717) is 5.92 Å². The highest BCUT2D eigenvalue weighted by atomic mass is 15.3. The normalized spacial score (nSPS) is 17.7. The van der Waals surface area contributed by atoms with Crippen LogP contribution in [0, 0.1) is 0 Å². The average molecular weight is 369 g/mol. The van der Waals surface area contributed by atoms with Gasteiger partial charge in [0.2, 0.25) is 0 Å². The van der Waals surface area contributed by atoms with Crippen molar-refractivity contribution >= 4 is 5.96 Å². The molecule has 1 atom stereocenters. The maximum Gasteiger partial charge on any atom is 0.193 e. The Balaban J connectivity index is 1.38. The minimum atomic E-state index is 0.550. The van der Waals surface area contributed by atoms with Crippen LogP contribution in [0.2, 0.25) is 0 Å². The molecule has 0 bridgehead atoms. The first-order chi connectivity index (χ1) is 13.2. The third-order valence-electron chi connectivity index (χ3n) is 5.19. The predicted octanol–water partition coefficient (Wildman–Crippen LogP) is 2.31. The van der Waals surface area contributed by atoms with E-state index in [0.717, 1.165) is 51.5 Å². The summed E-state index contributed by atoms with van der Waals surface area (Å²) in [6.07, 6.45) is 6.38. The number of hydrogen-bond acceptors (Lipinski definition) is 3. The molecule has 1 saturated heterocycles. The lowest BCUT2D eigenvalue weighted by Crippen LogP contribution is -2.40. The summed E-state index contributed by atoms with van der Waals surface area (Å²) in [5.41, 5.74) is 2.69. The third kappa shape index (κ3) is 5.57. The van der Waals surface area contributed by atoms with Gasteiger partial charge in [-0.1, -0.05) is 30.3 Å². The number of likely N-dealkylation sites (tertiary alicyclic amines) is 1. The molecular weight excluding hydrogens is 336 g/mol. The van der Waals surface area contributed by atoms with Crippen molar-refractivity contribution < 1.29 is 0 Å². The molecule has 0 aliphatic carbocycles. The highest BCUT2D eigenvalue weighted by Crippen LogP contribution is 2.26. The molecular formula is C21H32N6. The van der Waals surface area contributed by atoms with Gasteiger partial charge in [-0.05, 0) is 37.6 Å². The quantitative estimate of drug-likeness (QED) is 0.463. The molecule has 6 nitrogen and oxygen atoms in total. The second-order valence-electron chi connectivity index (χ2n) is 7.43. The van der Waals surface area contributed by atoms with Crippen molar-refractivity contribution in [1.29, 1.82) is 0 Å². The lowest BCUT2D eigenvalue weighted by Gasteiger charge is -2.22. The van der Waals surface area contributed by atoms with Gasteiger partial charge in [0.15, 0.2) is 5.96 Å². The standard InChI is InChI=1S/C21H32N6/c1-22-21(27-13-10-19(17-27)20-14-24-26(3)16-20)23-11-7-12-25(2)15-18-8-5-4-6-9-18/h4-6,8-9,14,16,19H,7,10-13,15,17H2,1-3H3,(H,22,23). The van der Waals surface area contributed by atoms with Crippen molar-refractivity contribution in [3.05, 3.63) is 53.9 Å². The van der Waals surface area contributed by atoms with Gasteiger partial charge in [0, 0.05) is 52.4 Å². The molecule has 0 radical (unpaired) electrons. The van der Waals surface area contributed by atoms with Gasteiger partial charge in [-0.15, -0.1) is 0 Å². The minimum Gasteiger partial charge on any atom is -0.356 e. The fourth-order valence-corrected chi connectivity index (χ4v) is 3.73. The van der Waals surface area contributed by atoms with Crippen molar-refractivity contribution in [2.75, 3.05) is 40.3 Å². The largest absolute Gasteiger partial charge is 0.356 e. The number of guanidine groups is 1. The molecule has 2 aromatic rings. The van der Waals surface area contributed by atoms with Gasteiger partial charge in [0.25, 0.3) is 0 Å². The van der Waals surface area contributed by atoms with Crippen LogP contribution in [0.15, 0.2) is 47.7 Å². The maximum atomic E-state index is 4.48. The molecule has 1 unspecified atom stereocenters. The summed E-state index contributed by atoms with van der Waals surface area (Å²) >= 11 is 0. The summed E-state index contributed by atoms with van der Waals surface area (Å²) in [6, 6.07) is 10.6. The summed E-state index contributed by atoms with van der Waals surface area (Å²) in [7, 11) is 6.04. The first kappa shape index (κ1) is 19.4. The molecule has 0 spiro atoms. The van der Waals surface area contributed by atoms with Crippen LogP contribution in [0.4, 0.5) is 0 Å². The number of nitrogens with zero attached hydrogens (tertiary/aromatic N) is 5. The zero-order chi connectivity index (χ0) is 19.1. The van der Waals surface area contributed by atoms with Crippen molar-refractivity contribution in [3.63, 3.8) is 0 Å². The number of aromatic nitrogens is 2. The van der Waals surface area contributed by atoms with Crippen LogP contribution in [0.3, 0.4) is 0 Å². The Morgan fingerprint density at radius 2 is 2.15 bits per heavy atom. The smallest absolute Gasteiger partial charge is 0.193 e. The van der Waals surface area contributed by atoms with Gasteiger partial charge in [-0.25, -0.2) is 0 Å². The summed E-state index contributed by atoms with van der Waals surface area (Å²) in [5, 5.41) is 7.84. The summed E-state index contributed by atoms with van der Waals surface area (Å²) in [4.78, 5) is 9.22. The molecule has 1 aliphatic rings. The second-order valence-corrected chi connectivity index (χ2v) is 7.43. The summed E-state index contributed by atoms with van der Waals surface area (Å²) in [6.45, 7) is 5.07. The van der Waals surface area contributed by atoms with Gasteiger partial charge >= 0.3 is 0 Å². The first-order valence-electron chi connectivity index (χ1n) is 9.82. The third-order valence-corrected chi connectivity index (χ3v) is 5.19. The van der Waals surface area contributed by atoms with E-state index in [9.17, 15) is 0 Å². The van der Waals surface area contributed by atoms with Crippen LogP contribution in [0.5, 0.6) is 0 Å². The number of aliphatic imine (C=N–C) groups is 1. The van der Waals surface area contributed by atoms with Crippen LogP contribution in [-0.4, -0.2) is 65.8 Å². The zero-order valence-electron chi connectivity index (χ0n) is 16.8. The summed E-state index contributed by atoms with van der Waals surface area (Å²) < 4.78 is 1.89. The Bertz CT molecular complexity index is 723. The van der Waals surface area contributed by atoms with Gasteiger partial charge in [-0.2, -0.15) is 5.10 Å². The molecule has 1 aromatic carbocycles. The number of benzene rings is 1. The van der Waals surface area contributed by atoms with E-state index < -0.39 is 0 Å². The number of hydrogen-bond donors (Lipinski definition) is 1. The minimum absolute atomic E-state index is 0.550. The van der Waals surface area contributed by atoms with Crippen molar-refractivity contribution in [2.45, 2.75) is 25.3 Å². The van der Waals surface area contributed by atoms with Crippen molar-refractivity contribution in [1.82, 2.24) is 24.9 Å². The lowest BCUT2D eigenvalue weighted by molar-refractivity contribution is 0.321. The maximum absolute atomic E-state index is 4.48. The second kappa shape index (κ2) is 9.55. The van der Waals surface area contributed by atoms with Gasteiger partial charge in [0.1, 0.15) is 0 Å². The molecule has 146 valence electrons. The average Bonchev–Trinajstić information content (AvgIpc) is 3.32. The molecule has 2 heterocycles. The van der Waals surface area contributed by atoms with E-state index in [2.05, 4.69) is 68.8 Å². The topological polar surface area (TPSA) is 48.7 Å². The van der Waals surface area contributed by atoms with Crippen LogP contribution >= 0.6 is 0 Å². The summed E-state index contributed by atoms with van der Waals surface area (Å²) in [5.74, 6) is 1.57. The lowest BCUT2D eigenvalue weighted by atomic mass is 10.0. The van der Waals surface area contributed by atoms with Gasteiger partial charge in [0.05, 0.1) is 6.20 Å². The van der Waals surface area contributed by atoms with E-state index in [1.807, 2.05) is 25.0 Å². The Morgan fingerprint density at radius 3 is 2.85 bits per heavy atom. The molecule has 3 rings (SSSR count). The molecule has 27 heavy (non-hydrogen) atoms. The van der Waals surface area contributed by atoms with E-state index in [1.165, 1.54) is 11.1 Å².